The fourth-order valence-electron chi connectivity index (χ4n) is 1.88. The average molecular weight is 327 g/mol. The molecular weight excluding hydrogens is 315 g/mol. The van der Waals surface area contributed by atoms with Crippen LogP contribution in [0.5, 0.6) is 0 Å². The van der Waals surface area contributed by atoms with Crippen molar-refractivity contribution < 1.29 is 18.6 Å². The first kappa shape index (κ1) is 15.0. The van der Waals surface area contributed by atoms with Crippen LogP contribution in [-0.2, 0) is 10.0 Å². The van der Waals surface area contributed by atoms with E-state index in [4.69, 9.17) is 28.3 Å². The Morgan fingerprint density at radius 3 is 2.63 bits per heavy atom. The van der Waals surface area contributed by atoms with Crippen molar-refractivity contribution in [3.63, 3.8) is 0 Å². The number of aromatic nitrogens is 1. The number of pyridine rings is 1. The molecule has 2 rings (SSSR count). The summed E-state index contributed by atoms with van der Waals surface area (Å²) in [6.45, 7) is -0.561. The lowest BCUT2D eigenvalue weighted by molar-refractivity contribution is -0.000734. The summed E-state index contributed by atoms with van der Waals surface area (Å²) in [6.07, 6.45) is 0.168. The predicted molar refractivity (Wildman–Crippen MR) is 69.7 cm³/mol. The Balaban J connectivity index is 2.34. The molecular formula is C10H12Cl2N2O4S. The molecule has 2 N–H and O–H groups in total. The Kier molecular flexibility index (Phi) is 4.06. The van der Waals surface area contributed by atoms with Gasteiger partial charge in [0.1, 0.15) is 15.6 Å². The number of sulfonamides is 1. The molecule has 1 fully saturated rings. The minimum atomic E-state index is -3.86. The molecule has 0 spiro atoms. The maximum absolute atomic E-state index is 12.3. The second-order valence-corrected chi connectivity index (χ2v) is 7.05. The molecule has 0 aliphatic carbocycles. The van der Waals surface area contributed by atoms with E-state index in [0.717, 1.165) is 4.31 Å². The maximum atomic E-state index is 12.3. The van der Waals surface area contributed by atoms with Crippen molar-refractivity contribution in [3.8, 4) is 0 Å². The third kappa shape index (κ3) is 2.86. The van der Waals surface area contributed by atoms with Crippen LogP contribution in [0.25, 0.3) is 0 Å². The Hall–Kier alpha value is -0.440. The van der Waals surface area contributed by atoms with E-state index in [1.165, 1.54) is 12.1 Å². The summed E-state index contributed by atoms with van der Waals surface area (Å²) in [5.74, 6) is 0. The standard InChI is InChI=1S/C10H12Cl2N2O4S/c11-8-2-1-7(9(12)13-8)19(17,18)14-4-3-10(16,5-14)6-15/h1-2,15-16H,3-6H2. The number of nitrogens with zero attached hydrogens (tertiary/aromatic N) is 2. The van der Waals surface area contributed by atoms with Gasteiger partial charge in [-0.25, -0.2) is 13.4 Å². The van der Waals surface area contributed by atoms with Gasteiger partial charge < -0.3 is 10.2 Å². The third-order valence-corrected chi connectivity index (χ3v) is 5.48. The number of hydrogen-bond acceptors (Lipinski definition) is 5. The first-order valence-electron chi connectivity index (χ1n) is 5.44. The van der Waals surface area contributed by atoms with Crippen molar-refractivity contribution in [2.45, 2.75) is 16.9 Å². The van der Waals surface area contributed by atoms with Crippen LogP contribution in [0.2, 0.25) is 10.3 Å². The molecule has 1 saturated heterocycles. The topological polar surface area (TPSA) is 90.7 Å². The third-order valence-electron chi connectivity index (χ3n) is 2.99. The summed E-state index contributed by atoms with van der Waals surface area (Å²) in [6, 6.07) is 2.60. The molecule has 9 heteroatoms. The Morgan fingerprint density at radius 2 is 2.11 bits per heavy atom. The zero-order valence-electron chi connectivity index (χ0n) is 9.75. The van der Waals surface area contributed by atoms with Crippen molar-refractivity contribution in [1.29, 1.82) is 0 Å². The van der Waals surface area contributed by atoms with Crippen LogP contribution in [0.15, 0.2) is 17.0 Å². The number of aliphatic hydroxyl groups excluding tert-OH is 1. The smallest absolute Gasteiger partial charge is 0.246 e. The normalized spacial score (nSPS) is 24.8. The van der Waals surface area contributed by atoms with Gasteiger partial charge in [-0.1, -0.05) is 23.2 Å². The molecule has 1 aliphatic heterocycles. The first-order valence-corrected chi connectivity index (χ1v) is 7.63. The van der Waals surface area contributed by atoms with Gasteiger partial charge in [0.05, 0.1) is 6.61 Å². The Labute approximate surface area is 120 Å². The first-order chi connectivity index (χ1) is 8.78. The van der Waals surface area contributed by atoms with Gasteiger partial charge in [0.15, 0.2) is 5.15 Å². The average Bonchev–Trinajstić information content (AvgIpc) is 2.73. The van der Waals surface area contributed by atoms with E-state index in [2.05, 4.69) is 4.98 Å². The number of aliphatic hydroxyl groups is 2. The summed E-state index contributed by atoms with van der Waals surface area (Å²) in [5, 5.41) is 18.8. The lowest BCUT2D eigenvalue weighted by Gasteiger charge is -2.21. The fraction of sp³-hybridized carbons (Fsp3) is 0.500. The molecule has 1 atom stereocenters. The van der Waals surface area contributed by atoms with E-state index in [0.29, 0.717) is 0 Å². The van der Waals surface area contributed by atoms with Crippen molar-refractivity contribution in [2.24, 2.45) is 0 Å². The van der Waals surface area contributed by atoms with E-state index in [1.807, 2.05) is 0 Å². The molecule has 0 saturated carbocycles. The highest BCUT2D eigenvalue weighted by molar-refractivity contribution is 7.89. The summed E-state index contributed by atoms with van der Waals surface area (Å²) >= 11 is 11.4. The summed E-state index contributed by atoms with van der Waals surface area (Å²) < 4.78 is 25.7. The van der Waals surface area contributed by atoms with Gasteiger partial charge in [-0.2, -0.15) is 4.31 Å². The second kappa shape index (κ2) is 5.16. The Bertz CT molecular complexity index is 595. The molecule has 0 bridgehead atoms. The molecule has 19 heavy (non-hydrogen) atoms. The molecule has 2 heterocycles. The second-order valence-electron chi connectivity index (χ2n) is 4.39. The predicted octanol–water partition coefficient (Wildman–Crippen LogP) is 0.506. The largest absolute Gasteiger partial charge is 0.393 e. The minimum Gasteiger partial charge on any atom is -0.393 e. The monoisotopic (exact) mass is 326 g/mol. The molecule has 1 aromatic rings. The molecule has 1 unspecified atom stereocenters. The summed E-state index contributed by atoms with van der Waals surface area (Å²) in [7, 11) is -3.86. The minimum absolute atomic E-state index is 0.0947. The lowest BCUT2D eigenvalue weighted by Crippen LogP contribution is -2.38. The molecule has 0 aromatic carbocycles. The molecule has 0 amide bonds. The molecule has 1 aliphatic rings. The molecule has 106 valence electrons. The van der Waals surface area contributed by atoms with Crippen molar-refractivity contribution >= 4 is 33.2 Å². The highest BCUT2D eigenvalue weighted by Gasteiger charge is 2.42. The van der Waals surface area contributed by atoms with Gasteiger partial charge in [0.2, 0.25) is 10.0 Å². The molecule has 1 aromatic heterocycles. The Morgan fingerprint density at radius 1 is 1.42 bits per heavy atom. The molecule has 0 radical (unpaired) electrons. The van der Waals surface area contributed by atoms with Crippen molar-refractivity contribution in [2.75, 3.05) is 19.7 Å². The van der Waals surface area contributed by atoms with Crippen LogP contribution in [-0.4, -0.2) is 53.2 Å². The molecule has 6 nitrogen and oxygen atoms in total. The number of halogens is 2. The van der Waals surface area contributed by atoms with Gasteiger partial charge in [-0.15, -0.1) is 0 Å². The van der Waals surface area contributed by atoms with E-state index in [1.54, 1.807) is 0 Å². The van der Waals surface area contributed by atoms with Crippen LogP contribution in [0.3, 0.4) is 0 Å². The zero-order chi connectivity index (χ0) is 14.3. The summed E-state index contributed by atoms with van der Waals surface area (Å²) in [5.41, 5.74) is -1.40. The van der Waals surface area contributed by atoms with Crippen LogP contribution < -0.4 is 0 Å². The fourth-order valence-corrected chi connectivity index (χ4v) is 4.04. The quantitative estimate of drug-likeness (QED) is 0.789. The van der Waals surface area contributed by atoms with Crippen molar-refractivity contribution in [1.82, 2.24) is 9.29 Å². The zero-order valence-corrected chi connectivity index (χ0v) is 12.1. The van der Waals surface area contributed by atoms with Gasteiger partial charge in [0.25, 0.3) is 0 Å². The van der Waals surface area contributed by atoms with Crippen LogP contribution >= 0.6 is 23.2 Å². The van der Waals surface area contributed by atoms with Gasteiger partial charge in [-0.3, -0.25) is 0 Å². The maximum Gasteiger partial charge on any atom is 0.246 e. The number of rotatable bonds is 3. The SMILES string of the molecule is O=S(=O)(c1ccc(Cl)nc1Cl)N1CCC(O)(CO)C1. The van der Waals surface area contributed by atoms with Crippen LogP contribution in [0.1, 0.15) is 6.42 Å². The number of hydrogen-bond donors (Lipinski definition) is 2. The van der Waals surface area contributed by atoms with Gasteiger partial charge >= 0.3 is 0 Å². The highest BCUT2D eigenvalue weighted by atomic mass is 35.5. The van der Waals surface area contributed by atoms with E-state index >= 15 is 0 Å². The van der Waals surface area contributed by atoms with Gasteiger partial charge in [0, 0.05) is 13.1 Å². The van der Waals surface area contributed by atoms with Crippen LogP contribution in [0.4, 0.5) is 0 Å². The van der Waals surface area contributed by atoms with Gasteiger partial charge in [-0.05, 0) is 18.6 Å². The highest BCUT2D eigenvalue weighted by Crippen LogP contribution is 2.30. The number of β-amino-alcohol motifs (C(OH)–C–C–N with tert-alkyl or cyclic N) is 1. The van der Waals surface area contributed by atoms with Crippen LogP contribution in [0, 0.1) is 0 Å². The summed E-state index contributed by atoms with van der Waals surface area (Å²) in [4.78, 5) is 3.51. The lowest BCUT2D eigenvalue weighted by atomic mass is 10.1. The van der Waals surface area contributed by atoms with E-state index in [9.17, 15) is 13.5 Å². The van der Waals surface area contributed by atoms with E-state index < -0.39 is 22.2 Å². The van der Waals surface area contributed by atoms with Crippen molar-refractivity contribution in [3.05, 3.63) is 22.4 Å². The van der Waals surface area contributed by atoms with E-state index in [-0.39, 0.29) is 34.7 Å².